The summed E-state index contributed by atoms with van der Waals surface area (Å²) in [6.07, 6.45) is 2.89. The summed E-state index contributed by atoms with van der Waals surface area (Å²) in [6.45, 7) is 3.90. The topological polar surface area (TPSA) is 78.9 Å². The number of benzene rings is 1. The highest BCUT2D eigenvalue weighted by atomic mass is 16.4. The summed E-state index contributed by atoms with van der Waals surface area (Å²) in [7, 11) is 0. The molecule has 0 spiro atoms. The average Bonchev–Trinajstić information content (AvgIpc) is 2.27. The highest BCUT2D eigenvalue weighted by molar-refractivity contribution is 5.91. The van der Waals surface area contributed by atoms with Crippen LogP contribution in [0.25, 0.3) is 0 Å². The Morgan fingerprint density at radius 2 is 2.12 bits per heavy atom. The molecular formula is C11H13N3O2. The van der Waals surface area contributed by atoms with Crippen molar-refractivity contribution in [3.63, 3.8) is 0 Å². The lowest BCUT2D eigenvalue weighted by atomic mass is 10.2. The first-order chi connectivity index (χ1) is 7.69. The van der Waals surface area contributed by atoms with E-state index in [2.05, 4.69) is 11.7 Å². The number of carbonyl (C=O) groups is 1. The molecular weight excluding hydrogens is 206 g/mol. The van der Waals surface area contributed by atoms with Crippen LogP contribution in [0.3, 0.4) is 0 Å². The van der Waals surface area contributed by atoms with E-state index in [-0.39, 0.29) is 0 Å². The van der Waals surface area contributed by atoms with Gasteiger partial charge in [0.05, 0.1) is 6.21 Å². The first-order valence-electron chi connectivity index (χ1n) is 4.64. The van der Waals surface area contributed by atoms with E-state index in [0.717, 1.165) is 5.56 Å². The number of anilines is 1. The Labute approximate surface area is 93.5 Å². The third-order valence-corrected chi connectivity index (χ3v) is 1.99. The zero-order valence-electron chi connectivity index (χ0n) is 8.71. The summed E-state index contributed by atoms with van der Waals surface area (Å²) < 4.78 is 0. The van der Waals surface area contributed by atoms with Gasteiger partial charge < -0.3 is 10.9 Å². The molecule has 1 aromatic rings. The van der Waals surface area contributed by atoms with E-state index in [1.807, 2.05) is 0 Å². The quantitative estimate of drug-likeness (QED) is 0.349. The minimum absolute atomic E-state index is 0.350. The van der Waals surface area contributed by atoms with Gasteiger partial charge in [0.1, 0.15) is 0 Å². The predicted molar refractivity (Wildman–Crippen MR) is 62.9 cm³/mol. The van der Waals surface area contributed by atoms with Crippen LogP contribution < -0.4 is 10.6 Å². The van der Waals surface area contributed by atoms with E-state index >= 15 is 0 Å². The number of nitrogens with zero attached hydrogens (tertiary/aromatic N) is 2. The molecule has 0 aliphatic rings. The standard InChI is InChI=1S/C11H13N3O2/c1-2-7-14(11(12)15)10-5-3-9(4-6-10)8-13-16/h2-6,8,16H,1,7H2,(H2,12,15). The SMILES string of the molecule is C=CCN(C(N)=O)c1ccc(C=NO)cc1. The summed E-state index contributed by atoms with van der Waals surface area (Å²) in [5, 5.41) is 11.2. The van der Waals surface area contributed by atoms with E-state index in [4.69, 9.17) is 10.9 Å². The fourth-order valence-electron chi connectivity index (χ4n) is 1.26. The number of hydrogen-bond acceptors (Lipinski definition) is 3. The maximum absolute atomic E-state index is 11.1. The van der Waals surface area contributed by atoms with Gasteiger partial charge in [-0.3, -0.25) is 4.90 Å². The van der Waals surface area contributed by atoms with Crippen LogP contribution >= 0.6 is 0 Å². The van der Waals surface area contributed by atoms with Crippen molar-refractivity contribution in [1.82, 2.24) is 0 Å². The number of urea groups is 1. The van der Waals surface area contributed by atoms with E-state index < -0.39 is 6.03 Å². The third-order valence-electron chi connectivity index (χ3n) is 1.99. The molecule has 5 heteroatoms. The molecule has 0 heterocycles. The van der Waals surface area contributed by atoms with Gasteiger partial charge in [0.25, 0.3) is 0 Å². The van der Waals surface area contributed by atoms with Crippen LogP contribution in [-0.2, 0) is 0 Å². The molecule has 0 bridgehead atoms. The molecule has 84 valence electrons. The van der Waals surface area contributed by atoms with Gasteiger partial charge in [-0.25, -0.2) is 4.79 Å². The number of primary amides is 1. The van der Waals surface area contributed by atoms with Crippen LogP contribution in [0.5, 0.6) is 0 Å². The van der Waals surface area contributed by atoms with Crippen molar-refractivity contribution in [2.45, 2.75) is 0 Å². The second kappa shape index (κ2) is 5.55. The smallest absolute Gasteiger partial charge is 0.319 e. The van der Waals surface area contributed by atoms with Crippen LogP contribution in [0.1, 0.15) is 5.56 Å². The molecule has 3 N–H and O–H groups in total. The van der Waals surface area contributed by atoms with E-state index in [9.17, 15) is 4.79 Å². The van der Waals surface area contributed by atoms with E-state index in [1.165, 1.54) is 11.1 Å². The minimum atomic E-state index is -0.538. The maximum Gasteiger partial charge on any atom is 0.319 e. The number of oxime groups is 1. The van der Waals surface area contributed by atoms with Crippen molar-refractivity contribution in [3.05, 3.63) is 42.5 Å². The molecule has 0 aromatic heterocycles. The first kappa shape index (κ1) is 11.8. The molecule has 0 aliphatic heterocycles. The van der Waals surface area contributed by atoms with Crippen LogP contribution in [0.2, 0.25) is 0 Å². The highest BCUT2D eigenvalue weighted by Crippen LogP contribution is 2.14. The van der Waals surface area contributed by atoms with Crippen molar-refractivity contribution in [2.75, 3.05) is 11.4 Å². The minimum Gasteiger partial charge on any atom is -0.411 e. The Hall–Kier alpha value is -2.30. The Kier molecular flexibility index (Phi) is 4.08. The number of nitrogens with two attached hydrogens (primary N) is 1. The number of rotatable bonds is 4. The molecule has 0 atom stereocenters. The van der Waals surface area contributed by atoms with E-state index in [0.29, 0.717) is 12.2 Å². The lowest BCUT2D eigenvalue weighted by Crippen LogP contribution is -2.35. The molecule has 0 radical (unpaired) electrons. The van der Waals surface area contributed by atoms with Crippen molar-refractivity contribution in [2.24, 2.45) is 10.9 Å². The Bertz CT molecular complexity index is 398. The highest BCUT2D eigenvalue weighted by Gasteiger charge is 2.09. The van der Waals surface area contributed by atoms with Crippen LogP contribution in [0.4, 0.5) is 10.5 Å². The zero-order chi connectivity index (χ0) is 12.0. The van der Waals surface area contributed by atoms with Crippen LogP contribution in [0.15, 0.2) is 42.1 Å². The van der Waals surface area contributed by atoms with Crippen molar-refractivity contribution >= 4 is 17.9 Å². The number of amides is 2. The van der Waals surface area contributed by atoms with Gasteiger partial charge in [0, 0.05) is 12.2 Å². The monoisotopic (exact) mass is 219 g/mol. The molecule has 0 saturated heterocycles. The van der Waals surface area contributed by atoms with Crippen LogP contribution in [0, 0.1) is 0 Å². The largest absolute Gasteiger partial charge is 0.411 e. The van der Waals surface area contributed by atoms with Gasteiger partial charge >= 0.3 is 6.03 Å². The van der Waals surface area contributed by atoms with Crippen molar-refractivity contribution in [1.29, 1.82) is 0 Å². The van der Waals surface area contributed by atoms with Crippen molar-refractivity contribution in [3.8, 4) is 0 Å². The summed E-state index contributed by atoms with van der Waals surface area (Å²) in [5.74, 6) is 0. The van der Waals surface area contributed by atoms with Gasteiger partial charge in [-0.1, -0.05) is 23.4 Å². The molecule has 0 saturated carbocycles. The zero-order valence-corrected chi connectivity index (χ0v) is 8.71. The van der Waals surface area contributed by atoms with Gasteiger partial charge in [0.2, 0.25) is 0 Å². The van der Waals surface area contributed by atoms with Gasteiger partial charge in [-0.15, -0.1) is 6.58 Å². The van der Waals surface area contributed by atoms with Gasteiger partial charge in [0.15, 0.2) is 0 Å². The fourth-order valence-corrected chi connectivity index (χ4v) is 1.26. The second-order valence-electron chi connectivity index (χ2n) is 3.07. The summed E-state index contributed by atoms with van der Waals surface area (Å²) in [5.41, 5.74) is 6.62. The van der Waals surface area contributed by atoms with Gasteiger partial charge in [-0.2, -0.15) is 0 Å². The maximum atomic E-state index is 11.1. The lowest BCUT2D eigenvalue weighted by Gasteiger charge is -2.18. The molecule has 2 amide bonds. The first-order valence-corrected chi connectivity index (χ1v) is 4.64. The van der Waals surface area contributed by atoms with Crippen molar-refractivity contribution < 1.29 is 10.0 Å². The number of carbonyl (C=O) groups excluding carboxylic acids is 1. The number of hydrogen-bond donors (Lipinski definition) is 2. The fraction of sp³-hybridized carbons (Fsp3) is 0.0909. The Balaban J connectivity index is 2.93. The molecule has 0 aliphatic carbocycles. The average molecular weight is 219 g/mol. The molecule has 16 heavy (non-hydrogen) atoms. The summed E-state index contributed by atoms with van der Waals surface area (Å²) in [4.78, 5) is 12.5. The molecule has 0 unspecified atom stereocenters. The Morgan fingerprint density at radius 1 is 1.50 bits per heavy atom. The van der Waals surface area contributed by atoms with Crippen LogP contribution in [-0.4, -0.2) is 24.0 Å². The normalized spacial score (nSPS) is 10.2. The summed E-state index contributed by atoms with van der Waals surface area (Å²) in [6, 6.07) is 6.32. The third kappa shape index (κ3) is 2.84. The molecule has 5 nitrogen and oxygen atoms in total. The predicted octanol–water partition coefficient (Wildman–Crippen LogP) is 1.57. The molecule has 1 aromatic carbocycles. The molecule has 0 fully saturated rings. The summed E-state index contributed by atoms with van der Waals surface area (Å²) >= 11 is 0. The second-order valence-corrected chi connectivity index (χ2v) is 3.07. The lowest BCUT2D eigenvalue weighted by molar-refractivity contribution is 0.254. The Morgan fingerprint density at radius 3 is 2.56 bits per heavy atom. The molecule has 1 rings (SSSR count). The van der Waals surface area contributed by atoms with E-state index in [1.54, 1.807) is 30.3 Å². The van der Waals surface area contributed by atoms with Gasteiger partial charge in [-0.05, 0) is 17.7 Å².